The third-order valence-electron chi connectivity index (χ3n) is 5.62. The number of nitrogens with one attached hydrogen (secondary N) is 1. The van der Waals surface area contributed by atoms with Crippen LogP contribution in [0.3, 0.4) is 0 Å². The van der Waals surface area contributed by atoms with Crippen molar-refractivity contribution in [2.75, 3.05) is 26.7 Å². The first kappa shape index (κ1) is 18.7. The molecule has 2 aromatic rings. The Morgan fingerprint density at radius 3 is 2.93 bits per heavy atom. The van der Waals surface area contributed by atoms with Gasteiger partial charge >= 0.3 is 5.69 Å². The van der Waals surface area contributed by atoms with Gasteiger partial charge in [0.05, 0.1) is 19.2 Å². The largest absolute Gasteiger partial charge is 0.496 e. The highest BCUT2D eigenvalue weighted by Crippen LogP contribution is 2.18. The molecule has 1 fully saturated rings. The minimum absolute atomic E-state index is 0.00919. The first-order chi connectivity index (χ1) is 13.7. The van der Waals surface area contributed by atoms with Gasteiger partial charge in [-0.05, 0) is 31.4 Å². The summed E-state index contributed by atoms with van der Waals surface area (Å²) in [6.45, 7) is 3.82. The minimum atomic E-state index is -0.109. The summed E-state index contributed by atoms with van der Waals surface area (Å²) in [5.41, 5.74) is 0.563. The molecule has 0 radical (unpaired) electrons. The maximum absolute atomic E-state index is 12.6. The molecule has 1 atom stereocenters. The van der Waals surface area contributed by atoms with Gasteiger partial charge in [-0.2, -0.15) is 5.10 Å². The Labute approximate surface area is 164 Å². The van der Waals surface area contributed by atoms with Crippen molar-refractivity contribution in [2.24, 2.45) is 0 Å². The molecule has 1 unspecified atom stereocenters. The van der Waals surface area contributed by atoms with Gasteiger partial charge in [0.25, 0.3) is 5.91 Å². The molecule has 150 valence electrons. The van der Waals surface area contributed by atoms with Crippen LogP contribution in [-0.4, -0.2) is 57.9 Å². The van der Waals surface area contributed by atoms with Crippen LogP contribution in [0, 0.1) is 0 Å². The van der Waals surface area contributed by atoms with Crippen LogP contribution < -0.4 is 15.7 Å². The first-order valence-corrected chi connectivity index (χ1v) is 9.98. The minimum Gasteiger partial charge on any atom is -0.496 e. The number of carbonyl (C=O) groups excluding carboxylic acids is 1. The van der Waals surface area contributed by atoms with Gasteiger partial charge in [-0.3, -0.25) is 14.3 Å². The Bertz CT molecular complexity index is 903. The maximum Gasteiger partial charge on any atom is 0.345 e. The average molecular weight is 385 g/mol. The summed E-state index contributed by atoms with van der Waals surface area (Å²) in [4.78, 5) is 27.3. The summed E-state index contributed by atoms with van der Waals surface area (Å²) in [6, 6.07) is 7.35. The van der Waals surface area contributed by atoms with Crippen LogP contribution in [0.4, 0.5) is 0 Å². The van der Waals surface area contributed by atoms with Gasteiger partial charge in [0, 0.05) is 38.6 Å². The highest BCUT2D eigenvalue weighted by Gasteiger charge is 2.25. The number of hydrogen-bond donors (Lipinski definition) is 1. The van der Waals surface area contributed by atoms with E-state index in [1.165, 1.54) is 0 Å². The van der Waals surface area contributed by atoms with Crippen LogP contribution in [0.25, 0.3) is 0 Å². The van der Waals surface area contributed by atoms with E-state index in [0.29, 0.717) is 17.9 Å². The van der Waals surface area contributed by atoms with Crippen LogP contribution in [0.5, 0.6) is 5.75 Å². The average Bonchev–Trinajstić information content (AvgIpc) is 3.30. The van der Waals surface area contributed by atoms with E-state index in [4.69, 9.17) is 4.74 Å². The summed E-state index contributed by atoms with van der Waals surface area (Å²) >= 11 is 0. The van der Waals surface area contributed by atoms with Gasteiger partial charge in [0.1, 0.15) is 11.6 Å². The van der Waals surface area contributed by atoms with Gasteiger partial charge in [0.2, 0.25) is 0 Å². The molecular formula is C20H27N5O3. The number of aryl methyl sites for hydroxylation is 1. The van der Waals surface area contributed by atoms with Crippen LogP contribution in [0.1, 0.15) is 35.4 Å². The van der Waals surface area contributed by atoms with Crippen molar-refractivity contribution in [1.29, 1.82) is 0 Å². The van der Waals surface area contributed by atoms with Crippen molar-refractivity contribution in [1.82, 2.24) is 24.6 Å². The standard InChI is InChI=1S/C20H27N5O3/c1-28-17-7-3-2-6-16(17)19(26)21-15-9-11-23(14-15)12-13-25-20(27)24-10-5-4-8-18(24)22-25/h2-3,6-7,15H,4-5,8-14H2,1H3,(H,21,26). The summed E-state index contributed by atoms with van der Waals surface area (Å²) < 4.78 is 8.68. The smallest absolute Gasteiger partial charge is 0.345 e. The fourth-order valence-electron chi connectivity index (χ4n) is 4.08. The van der Waals surface area contributed by atoms with Crippen LogP contribution in [-0.2, 0) is 19.5 Å². The molecule has 1 aromatic carbocycles. The van der Waals surface area contributed by atoms with Crippen LogP contribution >= 0.6 is 0 Å². The number of methoxy groups -OCH3 is 1. The van der Waals surface area contributed by atoms with Crippen molar-refractivity contribution in [3.8, 4) is 5.75 Å². The molecule has 1 N–H and O–H groups in total. The number of fused-ring (bicyclic) bond motifs is 1. The van der Waals surface area contributed by atoms with E-state index in [-0.39, 0.29) is 17.6 Å². The van der Waals surface area contributed by atoms with Crippen molar-refractivity contribution >= 4 is 5.91 Å². The molecule has 3 heterocycles. The fourth-order valence-corrected chi connectivity index (χ4v) is 4.08. The number of amides is 1. The predicted molar refractivity (Wildman–Crippen MR) is 105 cm³/mol. The quantitative estimate of drug-likeness (QED) is 0.799. The number of hydrogen-bond acceptors (Lipinski definition) is 5. The van der Waals surface area contributed by atoms with Crippen molar-refractivity contribution in [3.05, 3.63) is 46.1 Å². The number of likely N-dealkylation sites (tertiary alicyclic amines) is 1. The molecule has 4 rings (SSSR count). The van der Waals surface area contributed by atoms with Crippen molar-refractivity contribution in [3.63, 3.8) is 0 Å². The molecule has 2 aliphatic rings. The second-order valence-electron chi connectivity index (χ2n) is 7.49. The Balaban J connectivity index is 1.31. The zero-order chi connectivity index (χ0) is 19.5. The summed E-state index contributed by atoms with van der Waals surface area (Å²) in [5.74, 6) is 1.39. The zero-order valence-electron chi connectivity index (χ0n) is 16.3. The lowest BCUT2D eigenvalue weighted by molar-refractivity contribution is 0.0934. The molecule has 28 heavy (non-hydrogen) atoms. The van der Waals surface area contributed by atoms with Crippen LogP contribution in [0.15, 0.2) is 29.1 Å². The molecule has 0 aliphatic carbocycles. The van der Waals surface area contributed by atoms with Gasteiger partial charge in [-0.1, -0.05) is 12.1 Å². The lowest BCUT2D eigenvalue weighted by Crippen LogP contribution is -2.38. The monoisotopic (exact) mass is 385 g/mol. The second-order valence-corrected chi connectivity index (χ2v) is 7.49. The molecular weight excluding hydrogens is 358 g/mol. The van der Waals surface area contributed by atoms with E-state index < -0.39 is 0 Å². The third kappa shape index (κ3) is 3.82. The molecule has 0 saturated carbocycles. The maximum atomic E-state index is 12.6. The molecule has 0 bridgehead atoms. The predicted octanol–water partition coefficient (Wildman–Crippen LogP) is 0.894. The van der Waals surface area contributed by atoms with Gasteiger partial charge in [0.15, 0.2) is 0 Å². The molecule has 8 nitrogen and oxygen atoms in total. The molecule has 1 saturated heterocycles. The molecule has 1 aromatic heterocycles. The van der Waals surface area contributed by atoms with E-state index in [2.05, 4.69) is 15.3 Å². The molecule has 0 spiro atoms. The number of benzene rings is 1. The molecule has 1 amide bonds. The molecule has 2 aliphatic heterocycles. The lowest BCUT2D eigenvalue weighted by Gasteiger charge is -2.17. The number of ether oxygens (including phenoxy) is 1. The second kappa shape index (κ2) is 8.18. The van der Waals surface area contributed by atoms with Crippen molar-refractivity contribution < 1.29 is 9.53 Å². The number of rotatable bonds is 6. The van der Waals surface area contributed by atoms with E-state index in [1.54, 1.807) is 23.9 Å². The Kier molecular flexibility index (Phi) is 5.47. The van der Waals surface area contributed by atoms with E-state index in [0.717, 1.165) is 57.7 Å². The Morgan fingerprint density at radius 1 is 1.25 bits per heavy atom. The Morgan fingerprint density at radius 2 is 2.11 bits per heavy atom. The third-order valence-corrected chi connectivity index (χ3v) is 5.62. The van der Waals surface area contributed by atoms with Gasteiger partial charge in [-0.25, -0.2) is 9.48 Å². The normalized spacial score (nSPS) is 19.4. The SMILES string of the molecule is COc1ccccc1C(=O)NC1CCN(CCn2nc3n(c2=O)CCCC3)C1. The molecule has 8 heteroatoms. The van der Waals surface area contributed by atoms with Crippen LogP contribution in [0.2, 0.25) is 0 Å². The topological polar surface area (TPSA) is 81.4 Å². The van der Waals surface area contributed by atoms with Gasteiger partial charge < -0.3 is 10.1 Å². The summed E-state index contributed by atoms with van der Waals surface area (Å²) in [5, 5.41) is 7.59. The number of aromatic nitrogens is 3. The lowest BCUT2D eigenvalue weighted by atomic mass is 10.1. The summed E-state index contributed by atoms with van der Waals surface area (Å²) in [6.07, 6.45) is 3.95. The number of carbonyl (C=O) groups is 1. The highest BCUT2D eigenvalue weighted by molar-refractivity contribution is 5.97. The zero-order valence-corrected chi connectivity index (χ0v) is 16.3. The number of para-hydroxylation sites is 1. The van der Waals surface area contributed by atoms with E-state index >= 15 is 0 Å². The number of nitrogens with zero attached hydrogens (tertiary/aromatic N) is 4. The van der Waals surface area contributed by atoms with Gasteiger partial charge in [-0.15, -0.1) is 0 Å². The van der Waals surface area contributed by atoms with Crippen molar-refractivity contribution in [2.45, 2.75) is 44.8 Å². The summed E-state index contributed by atoms with van der Waals surface area (Å²) in [7, 11) is 1.57. The fraction of sp³-hybridized carbons (Fsp3) is 0.550. The van der Waals surface area contributed by atoms with E-state index in [9.17, 15) is 9.59 Å². The van der Waals surface area contributed by atoms with E-state index in [1.807, 2.05) is 16.7 Å². The highest BCUT2D eigenvalue weighted by atomic mass is 16.5. The first-order valence-electron chi connectivity index (χ1n) is 9.98. The Hall–Kier alpha value is -2.61.